The van der Waals surface area contributed by atoms with Gasteiger partial charge in [0.1, 0.15) is 17.9 Å². The van der Waals surface area contributed by atoms with Crippen molar-refractivity contribution in [2.45, 2.75) is 43.2 Å². The Morgan fingerprint density at radius 2 is 1.85 bits per heavy atom. The number of oxazole rings is 1. The molecule has 10 heteroatoms. The average molecular weight is 497 g/mol. The van der Waals surface area contributed by atoms with Gasteiger partial charge < -0.3 is 9.52 Å². The van der Waals surface area contributed by atoms with E-state index in [2.05, 4.69) is 4.98 Å². The highest BCUT2D eigenvalue weighted by molar-refractivity contribution is 7.89. The smallest absolute Gasteiger partial charge is 0.243 e. The number of hydrogen-bond donors (Lipinski definition) is 1. The SMILES string of the molecule is O=S(=O)(c1ccc(Cl)cc1)N(Cc1cc(F)c(-c2ncco2)cc1F)[C@@H]1CCCC[C@H]1CO. The summed E-state index contributed by atoms with van der Waals surface area (Å²) in [7, 11) is -4.10. The Kier molecular flexibility index (Phi) is 7.13. The van der Waals surface area contributed by atoms with Crippen LogP contribution in [0.4, 0.5) is 8.78 Å². The summed E-state index contributed by atoms with van der Waals surface area (Å²) in [5, 5.41) is 10.3. The van der Waals surface area contributed by atoms with E-state index in [1.807, 2.05) is 0 Å². The van der Waals surface area contributed by atoms with Crippen molar-refractivity contribution >= 4 is 21.6 Å². The number of benzene rings is 2. The maximum absolute atomic E-state index is 15.0. The zero-order valence-electron chi connectivity index (χ0n) is 17.6. The van der Waals surface area contributed by atoms with Gasteiger partial charge in [-0.3, -0.25) is 0 Å². The first-order valence-corrected chi connectivity index (χ1v) is 12.4. The summed E-state index contributed by atoms with van der Waals surface area (Å²) in [5.74, 6) is -1.94. The number of aliphatic hydroxyl groups is 1. The molecule has 4 rings (SSSR count). The van der Waals surface area contributed by atoms with Crippen LogP contribution in [0.3, 0.4) is 0 Å². The summed E-state index contributed by atoms with van der Waals surface area (Å²) in [6, 6.07) is 7.04. The van der Waals surface area contributed by atoms with Gasteiger partial charge in [-0.2, -0.15) is 4.31 Å². The molecule has 0 aliphatic heterocycles. The molecule has 1 aliphatic rings. The fraction of sp³-hybridized carbons (Fsp3) is 0.348. The lowest BCUT2D eigenvalue weighted by Gasteiger charge is -2.38. The van der Waals surface area contributed by atoms with Crippen molar-refractivity contribution in [2.24, 2.45) is 5.92 Å². The van der Waals surface area contributed by atoms with Gasteiger partial charge in [-0.25, -0.2) is 22.2 Å². The molecule has 0 unspecified atom stereocenters. The van der Waals surface area contributed by atoms with Crippen LogP contribution in [-0.4, -0.2) is 35.5 Å². The first-order chi connectivity index (χ1) is 15.8. The Morgan fingerprint density at radius 1 is 1.12 bits per heavy atom. The van der Waals surface area contributed by atoms with E-state index in [-0.39, 0.29) is 41.0 Å². The molecule has 1 N–H and O–H groups in total. The fourth-order valence-electron chi connectivity index (χ4n) is 4.30. The van der Waals surface area contributed by atoms with Gasteiger partial charge in [0, 0.05) is 29.8 Å². The van der Waals surface area contributed by atoms with Crippen molar-refractivity contribution in [3.05, 3.63) is 71.1 Å². The maximum Gasteiger partial charge on any atom is 0.243 e. The molecule has 0 saturated heterocycles. The van der Waals surface area contributed by atoms with E-state index in [9.17, 15) is 17.9 Å². The third kappa shape index (κ3) is 4.96. The van der Waals surface area contributed by atoms with Gasteiger partial charge in [-0.05, 0) is 55.2 Å². The fourth-order valence-corrected chi connectivity index (χ4v) is 6.12. The molecule has 1 heterocycles. The molecule has 1 aliphatic carbocycles. The van der Waals surface area contributed by atoms with E-state index in [1.165, 1.54) is 41.0 Å². The number of aromatic nitrogens is 1. The van der Waals surface area contributed by atoms with Crippen molar-refractivity contribution < 1.29 is 26.7 Å². The van der Waals surface area contributed by atoms with Gasteiger partial charge in [0.05, 0.1) is 16.7 Å². The topological polar surface area (TPSA) is 83.6 Å². The van der Waals surface area contributed by atoms with E-state index in [4.69, 9.17) is 16.0 Å². The number of halogens is 3. The first kappa shape index (κ1) is 23.8. The minimum Gasteiger partial charge on any atom is -0.444 e. The highest BCUT2D eigenvalue weighted by Gasteiger charge is 2.38. The van der Waals surface area contributed by atoms with Crippen LogP contribution in [0.25, 0.3) is 11.5 Å². The van der Waals surface area contributed by atoms with E-state index < -0.39 is 27.7 Å². The number of nitrogens with zero attached hydrogens (tertiary/aromatic N) is 2. The van der Waals surface area contributed by atoms with Crippen molar-refractivity contribution in [3.63, 3.8) is 0 Å². The van der Waals surface area contributed by atoms with Crippen LogP contribution in [0.1, 0.15) is 31.2 Å². The van der Waals surface area contributed by atoms with Gasteiger partial charge in [-0.1, -0.05) is 24.4 Å². The molecule has 33 heavy (non-hydrogen) atoms. The predicted molar refractivity (Wildman–Crippen MR) is 119 cm³/mol. The Balaban J connectivity index is 1.75. The third-order valence-electron chi connectivity index (χ3n) is 6.02. The molecule has 1 aromatic heterocycles. The molecule has 1 fully saturated rings. The number of sulfonamides is 1. The maximum atomic E-state index is 15.0. The minimum absolute atomic E-state index is 0.00792. The summed E-state index contributed by atoms with van der Waals surface area (Å²) < 4.78 is 63.3. The molecule has 3 aromatic rings. The molecule has 6 nitrogen and oxygen atoms in total. The first-order valence-electron chi connectivity index (χ1n) is 10.6. The standard InChI is InChI=1S/C23H23ClF2N2O4S/c24-17-5-7-18(8-6-17)33(30,31)28(22-4-2-1-3-15(22)14-29)13-16-11-21(26)19(12-20(16)25)23-27-9-10-32-23/h5-12,15,22,29H,1-4,13-14H2/t15-,22+/m0/s1. The summed E-state index contributed by atoms with van der Waals surface area (Å²) in [6.07, 6.45) is 5.36. The lowest BCUT2D eigenvalue weighted by Crippen LogP contribution is -2.46. The van der Waals surface area contributed by atoms with Gasteiger partial charge >= 0.3 is 0 Å². The molecule has 2 aromatic carbocycles. The summed E-state index contributed by atoms with van der Waals surface area (Å²) in [5.41, 5.74) is -0.276. The van der Waals surface area contributed by atoms with Gasteiger partial charge in [0.25, 0.3) is 0 Å². The van der Waals surface area contributed by atoms with Crippen LogP contribution in [0.2, 0.25) is 5.02 Å². The van der Waals surface area contributed by atoms with Crippen LogP contribution in [0, 0.1) is 17.6 Å². The highest BCUT2D eigenvalue weighted by Crippen LogP contribution is 2.34. The number of rotatable bonds is 7. The van der Waals surface area contributed by atoms with E-state index in [1.54, 1.807) is 0 Å². The van der Waals surface area contributed by atoms with Crippen LogP contribution in [-0.2, 0) is 16.6 Å². The predicted octanol–water partition coefficient (Wildman–Crippen LogP) is 5.02. The molecular weight excluding hydrogens is 474 g/mol. The lowest BCUT2D eigenvalue weighted by molar-refractivity contribution is 0.109. The largest absolute Gasteiger partial charge is 0.444 e. The van der Waals surface area contributed by atoms with Crippen LogP contribution in [0.5, 0.6) is 0 Å². The number of aliphatic hydroxyl groups excluding tert-OH is 1. The molecular formula is C23H23ClF2N2O4S. The van der Waals surface area contributed by atoms with Crippen molar-refractivity contribution in [3.8, 4) is 11.5 Å². The Labute approximate surface area is 195 Å². The minimum atomic E-state index is -4.10. The van der Waals surface area contributed by atoms with Gasteiger partial charge in [0.2, 0.25) is 15.9 Å². The van der Waals surface area contributed by atoms with Crippen molar-refractivity contribution in [1.29, 1.82) is 0 Å². The molecule has 1 saturated carbocycles. The second-order valence-electron chi connectivity index (χ2n) is 8.06. The van der Waals surface area contributed by atoms with E-state index in [0.29, 0.717) is 17.9 Å². The lowest BCUT2D eigenvalue weighted by atomic mass is 9.85. The number of hydrogen-bond acceptors (Lipinski definition) is 5. The van der Waals surface area contributed by atoms with Crippen LogP contribution in [0.15, 0.2) is 58.2 Å². The van der Waals surface area contributed by atoms with Crippen LogP contribution < -0.4 is 0 Å². The Hall–Kier alpha value is -2.33. The van der Waals surface area contributed by atoms with E-state index >= 15 is 4.39 Å². The van der Waals surface area contributed by atoms with Gasteiger partial charge in [0.15, 0.2) is 0 Å². The molecule has 0 amide bonds. The van der Waals surface area contributed by atoms with Gasteiger partial charge in [-0.15, -0.1) is 0 Å². The third-order valence-corrected chi connectivity index (χ3v) is 8.16. The average Bonchev–Trinajstić information content (AvgIpc) is 3.34. The zero-order chi connectivity index (χ0) is 23.6. The molecule has 0 bridgehead atoms. The molecule has 0 radical (unpaired) electrons. The second kappa shape index (κ2) is 9.89. The summed E-state index contributed by atoms with van der Waals surface area (Å²) in [6.45, 7) is -0.585. The normalized spacial score (nSPS) is 19.2. The molecule has 2 atom stereocenters. The Bertz CT molecular complexity index is 1200. The highest BCUT2D eigenvalue weighted by atomic mass is 35.5. The van der Waals surface area contributed by atoms with E-state index in [0.717, 1.165) is 25.0 Å². The molecule has 176 valence electrons. The summed E-state index contributed by atoms with van der Waals surface area (Å²) >= 11 is 5.92. The summed E-state index contributed by atoms with van der Waals surface area (Å²) in [4.78, 5) is 3.83. The van der Waals surface area contributed by atoms with Crippen LogP contribution >= 0.6 is 11.6 Å². The second-order valence-corrected chi connectivity index (χ2v) is 10.4. The monoisotopic (exact) mass is 496 g/mol. The zero-order valence-corrected chi connectivity index (χ0v) is 19.2. The quantitative estimate of drug-likeness (QED) is 0.497. The van der Waals surface area contributed by atoms with Crippen molar-refractivity contribution in [1.82, 2.24) is 9.29 Å². The molecule has 0 spiro atoms. The van der Waals surface area contributed by atoms with Crippen molar-refractivity contribution in [2.75, 3.05) is 6.61 Å². The Morgan fingerprint density at radius 3 is 2.52 bits per heavy atom.